The summed E-state index contributed by atoms with van der Waals surface area (Å²) in [5.41, 5.74) is 2.82. The van der Waals surface area contributed by atoms with E-state index in [0.29, 0.717) is 61.9 Å². The molecule has 6 rings (SSSR count). The Bertz CT molecular complexity index is 1840. The van der Waals surface area contributed by atoms with Gasteiger partial charge in [-0.1, -0.05) is 32.0 Å². The molecule has 5 aromatic rings. The molecule has 0 bridgehead atoms. The molecule has 1 aromatic carbocycles. The number of para-hydroxylation sites is 1. The number of aromatic nitrogens is 7. The predicted octanol–water partition coefficient (Wildman–Crippen LogP) is 2.98. The number of carbonyl (C=O) groups is 3. The van der Waals surface area contributed by atoms with Gasteiger partial charge >= 0.3 is 0 Å². The molecule has 1 aliphatic rings. The number of rotatable bonds is 5. The molecular formula is C32H38N10O3. The second-order valence-corrected chi connectivity index (χ2v) is 11.9. The molecule has 0 saturated carbocycles. The second-order valence-electron chi connectivity index (χ2n) is 11.9. The van der Waals surface area contributed by atoms with Crippen LogP contribution in [0.25, 0.3) is 16.6 Å². The fourth-order valence-corrected chi connectivity index (χ4v) is 5.96. The van der Waals surface area contributed by atoms with E-state index in [4.69, 9.17) is 4.98 Å². The van der Waals surface area contributed by atoms with Crippen molar-refractivity contribution < 1.29 is 14.4 Å². The van der Waals surface area contributed by atoms with Gasteiger partial charge < -0.3 is 20.5 Å². The first kappa shape index (κ1) is 30.0. The first-order valence-electron chi connectivity index (χ1n) is 15.4. The van der Waals surface area contributed by atoms with E-state index in [1.54, 1.807) is 27.9 Å². The lowest BCUT2D eigenvalue weighted by atomic mass is 10.0. The van der Waals surface area contributed by atoms with Crippen LogP contribution in [0.5, 0.6) is 0 Å². The molecular weight excluding hydrogens is 572 g/mol. The molecule has 3 amide bonds. The third-order valence-electron chi connectivity index (χ3n) is 8.09. The molecule has 0 radical (unpaired) electrons. The van der Waals surface area contributed by atoms with Gasteiger partial charge in [0.1, 0.15) is 17.7 Å². The summed E-state index contributed by atoms with van der Waals surface area (Å²) >= 11 is 0. The molecule has 0 aliphatic carbocycles. The van der Waals surface area contributed by atoms with Gasteiger partial charge in [0.15, 0.2) is 11.3 Å². The van der Waals surface area contributed by atoms with Gasteiger partial charge in [-0.2, -0.15) is 10.2 Å². The third-order valence-corrected chi connectivity index (χ3v) is 8.09. The highest BCUT2D eigenvalue weighted by Gasteiger charge is 2.30. The summed E-state index contributed by atoms with van der Waals surface area (Å²) in [6, 6.07) is 10.2. The number of amides is 3. The summed E-state index contributed by atoms with van der Waals surface area (Å²) in [6.07, 6.45) is 6.51. The van der Waals surface area contributed by atoms with Crippen LogP contribution in [0.15, 0.2) is 55.0 Å². The van der Waals surface area contributed by atoms with E-state index >= 15 is 0 Å². The Balaban J connectivity index is 1.32. The Labute approximate surface area is 260 Å². The molecule has 4 aromatic heterocycles. The SMILES string of the molecule is Cc1nc2n(n1)CCN(C(=O)c1cnc3cccnn13)CCCC(=O)N[C@H](Cc1c[nH]c3ccccc13)C(=O)N[C@H]2CC(C)C. The van der Waals surface area contributed by atoms with Crippen LogP contribution in [0, 0.1) is 12.8 Å². The van der Waals surface area contributed by atoms with Crippen molar-refractivity contribution in [2.45, 2.75) is 65.1 Å². The number of hydrogen-bond donors (Lipinski definition) is 3. The monoisotopic (exact) mass is 610 g/mol. The maximum Gasteiger partial charge on any atom is 0.274 e. The molecule has 1 aliphatic heterocycles. The van der Waals surface area contributed by atoms with Gasteiger partial charge in [-0.15, -0.1) is 0 Å². The first-order valence-corrected chi connectivity index (χ1v) is 15.4. The molecule has 234 valence electrons. The van der Waals surface area contributed by atoms with Crippen molar-refractivity contribution >= 4 is 34.3 Å². The highest BCUT2D eigenvalue weighted by Crippen LogP contribution is 2.23. The van der Waals surface area contributed by atoms with Crippen molar-refractivity contribution in [2.24, 2.45) is 5.92 Å². The van der Waals surface area contributed by atoms with E-state index < -0.39 is 12.1 Å². The van der Waals surface area contributed by atoms with Gasteiger partial charge in [0, 0.05) is 49.2 Å². The Morgan fingerprint density at radius 3 is 2.73 bits per heavy atom. The molecule has 13 heteroatoms. The predicted molar refractivity (Wildman–Crippen MR) is 167 cm³/mol. The van der Waals surface area contributed by atoms with E-state index in [1.165, 1.54) is 10.7 Å². The summed E-state index contributed by atoms with van der Waals surface area (Å²) in [5.74, 6) is 0.659. The summed E-state index contributed by atoms with van der Waals surface area (Å²) in [6.45, 7) is 6.99. The molecule has 0 unspecified atom stereocenters. The van der Waals surface area contributed by atoms with Gasteiger partial charge in [0.05, 0.1) is 18.8 Å². The van der Waals surface area contributed by atoms with Crippen molar-refractivity contribution in [1.82, 2.24) is 49.9 Å². The van der Waals surface area contributed by atoms with Crippen LogP contribution in [-0.4, -0.2) is 76.1 Å². The summed E-state index contributed by atoms with van der Waals surface area (Å²) in [4.78, 5) is 55.1. The number of fused-ring (bicyclic) bond motifs is 3. The van der Waals surface area contributed by atoms with Crippen molar-refractivity contribution in [1.29, 1.82) is 0 Å². The standard InChI is InChI=1S/C32H38N10O3/c1-20(2)16-25-30-36-21(3)39-41(30)15-14-40(32(45)27-19-34-28-10-6-12-35-42(27)28)13-7-11-29(43)37-26(31(44)38-25)17-22-18-33-24-9-5-4-8-23(22)24/h4-6,8-10,12,18-20,25-26,33H,7,11,13-17H2,1-3H3,(H,37,43)(H,38,44)/t25-,26+/m0/s1. The lowest BCUT2D eigenvalue weighted by molar-refractivity contribution is -0.129. The molecule has 5 heterocycles. The number of imidazole rings is 1. The van der Waals surface area contributed by atoms with E-state index in [2.05, 4.69) is 44.6 Å². The summed E-state index contributed by atoms with van der Waals surface area (Å²) < 4.78 is 3.31. The van der Waals surface area contributed by atoms with Crippen LogP contribution in [0.4, 0.5) is 0 Å². The zero-order valence-electron chi connectivity index (χ0n) is 25.7. The topological polar surface area (TPSA) is 155 Å². The van der Waals surface area contributed by atoms with Crippen LogP contribution in [-0.2, 0) is 22.6 Å². The van der Waals surface area contributed by atoms with Crippen molar-refractivity contribution in [3.63, 3.8) is 0 Å². The Morgan fingerprint density at radius 2 is 1.89 bits per heavy atom. The molecule has 0 saturated heterocycles. The average Bonchev–Trinajstić information content (AvgIpc) is 3.74. The fourth-order valence-electron chi connectivity index (χ4n) is 5.96. The Morgan fingerprint density at radius 1 is 1.04 bits per heavy atom. The molecule has 0 fully saturated rings. The smallest absolute Gasteiger partial charge is 0.274 e. The number of carbonyl (C=O) groups excluding carboxylic acids is 3. The average molecular weight is 611 g/mol. The molecule has 45 heavy (non-hydrogen) atoms. The zero-order chi connectivity index (χ0) is 31.5. The van der Waals surface area contributed by atoms with Crippen LogP contribution in [0.2, 0.25) is 0 Å². The number of H-pyrrole nitrogens is 1. The highest BCUT2D eigenvalue weighted by molar-refractivity contribution is 5.93. The van der Waals surface area contributed by atoms with E-state index in [1.807, 2.05) is 37.4 Å². The molecule has 0 spiro atoms. The van der Waals surface area contributed by atoms with Crippen LogP contribution in [0.3, 0.4) is 0 Å². The largest absolute Gasteiger partial charge is 0.361 e. The number of hydrogen-bond acceptors (Lipinski definition) is 7. The molecule has 13 nitrogen and oxygen atoms in total. The van der Waals surface area contributed by atoms with Crippen LogP contribution in [0.1, 0.15) is 66.9 Å². The summed E-state index contributed by atoms with van der Waals surface area (Å²) in [5, 5.41) is 16.1. The van der Waals surface area contributed by atoms with Crippen molar-refractivity contribution in [2.75, 3.05) is 13.1 Å². The van der Waals surface area contributed by atoms with E-state index in [9.17, 15) is 14.4 Å². The maximum absolute atomic E-state index is 13.9. The third kappa shape index (κ3) is 6.56. The minimum Gasteiger partial charge on any atom is -0.361 e. The van der Waals surface area contributed by atoms with Crippen molar-refractivity contribution in [3.05, 3.63) is 77.9 Å². The van der Waals surface area contributed by atoms with Gasteiger partial charge in [0.25, 0.3) is 5.91 Å². The van der Waals surface area contributed by atoms with E-state index in [0.717, 1.165) is 16.5 Å². The van der Waals surface area contributed by atoms with Gasteiger partial charge in [-0.3, -0.25) is 14.4 Å². The van der Waals surface area contributed by atoms with Gasteiger partial charge in [0.2, 0.25) is 11.8 Å². The fraction of sp³-hybridized carbons (Fsp3) is 0.406. The maximum atomic E-state index is 13.9. The lowest BCUT2D eigenvalue weighted by Crippen LogP contribution is -2.49. The number of benzene rings is 1. The molecule has 3 N–H and O–H groups in total. The van der Waals surface area contributed by atoms with Gasteiger partial charge in [-0.25, -0.2) is 19.2 Å². The lowest BCUT2D eigenvalue weighted by Gasteiger charge is -2.27. The minimum absolute atomic E-state index is 0.149. The minimum atomic E-state index is -0.811. The van der Waals surface area contributed by atoms with Gasteiger partial charge in [-0.05, 0) is 49.4 Å². The Kier molecular flexibility index (Phi) is 8.58. The number of aromatic amines is 1. The van der Waals surface area contributed by atoms with Crippen molar-refractivity contribution in [3.8, 4) is 0 Å². The Hall–Kier alpha value is -5.07. The van der Waals surface area contributed by atoms with Crippen LogP contribution >= 0.6 is 0 Å². The second kappa shape index (κ2) is 12.9. The quantitative estimate of drug-likeness (QED) is 0.276. The summed E-state index contributed by atoms with van der Waals surface area (Å²) in [7, 11) is 0. The number of aryl methyl sites for hydroxylation is 1. The van der Waals surface area contributed by atoms with Crippen LogP contribution < -0.4 is 10.6 Å². The number of nitrogens with zero attached hydrogens (tertiary/aromatic N) is 7. The first-order chi connectivity index (χ1) is 21.8. The van der Waals surface area contributed by atoms with E-state index in [-0.39, 0.29) is 30.1 Å². The highest BCUT2D eigenvalue weighted by atomic mass is 16.2. The zero-order valence-corrected chi connectivity index (χ0v) is 25.7. The molecule has 2 atom stereocenters. The normalized spacial score (nSPS) is 18.5. The number of nitrogens with one attached hydrogen (secondary N) is 3.